The van der Waals surface area contributed by atoms with Crippen LogP contribution < -0.4 is 0 Å². The van der Waals surface area contributed by atoms with Gasteiger partial charge in [-0.25, -0.2) is 22.0 Å². The van der Waals surface area contributed by atoms with Crippen LogP contribution in [0.25, 0.3) is 0 Å². The van der Waals surface area contributed by atoms with Crippen molar-refractivity contribution in [2.24, 2.45) is 4.99 Å². The molecule has 1 unspecified atom stereocenters. The molecule has 1 aromatic carbocycles. The van der Waals surface area contributed by atoms with Crippen LogP contribution in [0, 0.1) is 11.6 Å². The first kappa shape index (κ1) is 15.8. The van der Waals surface area contributed by atoms with Gasteiger partial charge in [0, 0.05) is 6.54 Å². The van der Waals surface area contributed by atoms with E-state index in [1.54, 1.807) is 0 Å². The largest absolute Gasteiger partial charge is 0.245 e. The Balaban J connectivity index is 2.43. The molecule has 8 heteroatoms. The summed E-state index contributed by atoms with van der Waals surface area (Å²) < 4.78 is 52.3. The molecule has 114 valence electrons. The smallest absolute Gasteiger partial charge is 0.211 e. The molecule has 0 radical (unpaired) electrons. The van der Waals surface area contributed by atoms with E-state index >= 15 is 0 Å². The lowest BCUT2D eigenvalue weighted by Crippen LogP contribution is -2.39. The number of halogens is 2. The van der Waals surface area contributed by atoms with Crippen molar-refractivity contribution in [2.45, 2.75) is 36.7 Å². The highest BCUT2D eigenvalue weighted by molar-refractivity contribution is 7.89. The summed E-state index contributed by atoms with van der Waals surface area (Å²) in [6.45, 7) is 0.178. The summed E-state index contributed by atoms with van der Waals surface area (Å²) in [6, 6.07) is 2.40. The summed E-state index contributed by atoms with van der Waals surface area (Å²) in [5.41, 5.74) is 0. The molecule has 21 heavy (non-hydrogen) atoms. The highest BCUT2D eigenvalue weighted by Gasteiger charge is 2.32. The molecule has 0 aromatic heterocycles. The Hall–Kier alpha value is -1.63. The molecule has 1 atom stereocenters. The molecule has 1 saturated heterocycles. The van der Waals surface area contributed by atoms with Crippen molar-refractivity contribution in [3.63, 3.8) is 0 Å². The maximum absolute atomic E-state index is 13.3. The highest BCUT2D eigenvalue weighted by Crippen LogP contribution is 2.26. The Morgan fingerprint density at radius 1 is 1.19 bits per heavy atom. The minimum atomic E-state index is -4.04. The number of carbonyl (C=O) groups excluding carboxylic acids is 1. The number of nitrogens with zero attached hydrogens (tertiary/aromatic N) is 2. The Kier molecular flexibility index (Phi) is 4.82. The van der Waals surface area contributed by atoms with Gasteiger partial charge in [-0.05, 0) is 37.5 Å². The fraction of sp³-hybridized carbons (Fsp3) is 0.462. The summed E-state index contributed by atoms with van der Waals surface area (Å²) in [5.74, 6) is -2.35. The summed E-state index contributed by atoms with van der Waals surface area (Å²) in [6.07, 6.45) is 3.10. The third-order valence-electron chi connectivity index (χ3n) is 3.37. The zero-order chi connectivity index (χ0) is 15.5. The number of aliphatic imine (C=N–C) groups is 1. The van der Waals surface area contributed by atoms with Crippen LogP contribution >= 0.6 is 0 Å². The normalized spacial score (nSPS) is 20.6. The molecular formula is C13H14F2N2O3S. The fourth-order valence-corrected chi connectivity index (χ4v) is 3.91. The fourth-order valence-electron chi connectivity index (χ4n) is 2.31. The quantitative estimate of drug-likeness (QED) is 0.634. The second-order valence-electron chi connectivity index (χ2n) is 4.74. The van der Waals surface area contributed by atoms with Crippen molar-refractivity contribution in [1.82, 2.24) is 4.31 Å². The minimum absolute atomic E-state index is 0.178. The SMILES string of the molecule is O=C=NC1CCCCCN1S(=O)(=O)c1ccc(F)c(F)c1. The van der Waals surface area contributed by atoms with Crippen LogP contribution in [0.5, 0.6) is 0 Å². The predicted octanol–water partition coefficient (Wildman–Crippen LogP) is 2.19. The van der Waals surface area contributed by atoms with E-state index in [0.29, 0.717) is 18.9 Å². The van der Waals surface area contributed by atoms with E-state index in [9.17, 15) is 22.0 Å². The molecule has 0 bridgehead atoms. The van der Waals surface area contributed by atoms with Gasteiger partial charge < -0.3 is 0 Å². The molecule has 0 aliphatic carbocycles. The van der Waals surface area contributed by atoms with E-state index in [2.05, 4.69) is 4.99 Å². The molecule has 0 spiro atoms. The number of hydrogen-bond donors (Lipinski definition) is 0. The van der Waals surface area contributed by atoms with Gasteiger partial charge in [-0.15, -0.1) is 0 Å². The van der Waals surface area contributed by atoms with Crippen LogP contribution in [0.2, 0.25) is 0 Å². The Bertz CT molecular complexity index is 672. The van der Waals surface area contributed by atoms with Crippen molar-refractivity contribution >= 4 is 16.1 Å². The Labute approximate surface area is 121 Å². The Morgan fingerprint density at radius 2 is 1.95 bits per heavy atom. The topological polar surface area (TPSA) is 66.8 Å². The van der Waals surface area contributed by atoms with Crippen LogP contribution in [0.15, 0.2) is 28.1 Å². The molecule has 5 nitrogen and oxygen atoms in total. The standard InChI is InChI=1S/C13H14F2N2O3S/c14-11-6-5-10(8-12(11)15)21(19,20)17-7-3-1-2-4-13(17)16-9-18/h5-6,8,13H,1-4,7H2. The molecule has 0 saturated carbocycles. The van der Waals surface area contributed by atoms with Crippen LogP contribution in [0.3, 0.4) is 0 Å². The zero-order valence-corrected chi connectivity index (χ0v) is 11.9. The van der Waals surface area contributed by atoms with Crippen molar-refractivity contribution in [2.75, 3.05) is 6.54 Å². The van der Waals surface area contributed by atoms with Gasteiger partial charge in [-0.1, -0.05) is 6.42 Å². The van der Waals surface area contributed by atoms with Gasteiger partial charge in [0.15, 0.2) is 11.6 Å². The van der Waals surface area contributed by atoms with Gasteiger partial charge in [0.1, 0.15) is 6.17 Å². The summed E-state index contributed by atoms with van der Waals surface area (Å²) >= 11 is 0. The van der Waals surface area contributed by atoms with E-state index in [0.717, 1.165) is 29.3 Å². The van der Waals surface area contributed by atoms with E-state index < -0.39 is 27.8 Å². The van der Waals surface area contributed by atoms with Gasteiger partial charge in [-0.3, -0.25) is 0 Å². The number of isocyanates is 1. The van der Waals surface area contributed by atoms with Crippen molar-refractivity contribution in [1.29, 1.82) is 0 Å². The third-order valence-corrected chi connectivity index (χ3v) is 5.27. The second-order valence-corrected chi connectivity index (χ2v) is 6.63. The van der Waals surface area contributed by atoms with E-state index in [-0.39, 0.29) is 11.4 Å². The lowest BCUT2D eigenvalue weighted by Gasteiger charge is -2.25. The van der Waals surface area contributed by atoms with Crippen molar-refractivity contribution in [3.05, 3.63) is 29.8 Å². The molecule has 1 aromatic rings. The van der Waals surface area contributed by atoms with Crippen molar-refractivity contribution < 1.29 is 22.0 Å². The lowest BCUT2D eigenvalue weighted by molar-refractivity contribution is 0.330. The molecule has 1 heterocycles. The van der Waals surface area contributed by atoms with E-state index in [4.69, 9.17) is 0 Å². The van der Waals surface area contributed by atoms with Crippen LogP contribution in [0.1, 0.15) is 25.7 Å². The van der Waals surface area contributed by atoms with E-state index in [1.165, 1.54) is 6.08 Å². The van der Waals surface area contributed by atoms with E-state index in [1.807, 2.05) is 0 Å². The molecule has 0 N–H and O–H groups in total. The molecular weight excluding hydrogens is 302 g/mol. The number of hydrogen-bond acceptors (Lipinski definition) is 4. The average molecular weight is 316 g/mol. The molecule has 1 aliphatic heterocycles. The first-order chi connectivity index (χ1) is 9.96. The summed E-state index contributed by atoms with van der Waals surface area (Å²) in [4.78, 5) is 13.6. The Morgan fingerprint density at radius 3 is 2.62 bits per heavy atom. The minimum Gasteiger partial charge on any atom is -0.211 e. The molecule has 1 aliphatic rings. The maximum atomic E-state index is 13.3. The zero-order valence-electron chi connectivity index (χ0n) is 11.1. The monoisotopic (exact) mass is 316 g/mol. The average Bonchev–Trinajstić information content (AvgIpc) is 2.68. The summed E-state index contributed by atoms with van der Waals surface area (Å²) in [5, 5.41) is 0. The lowest BCUT2D eigenvalue weighted by atomic mass is 10.2. The third kappa shape index (κ3) is 3.34. The highest BCUT2D eigenvalue weighted by atomic mass is 32.2. The van der Waals surface area contributed by atoms with Gasteiger partial charge in [0.25, 0.3) is 0 Å². The summed E-state index contributed by atoms with van der Waals surface area (Å²) in [7, 11) is -4.04. The molecule has 1 fully saturated rings. The van der Waals surface area contributed by atoms with Gasteiger partial charge in [0.2, 0.25) is 16.1 Å². The van der Waals surface area contributed by atoms with Crippen molar-refractivity contribution in [3.8, 4) is 0 Å². The maximum Gasteiger partial charge on any atom is 0.245 e. The van der Waals surface area contributed by atoms with Crippen LogP contribution in [-0.4, -0.2) is 31.5 Å². The number of benzene rings is 1. The van der Waals surface area contributed by atoms with Gasteiger partial charge in [0.05, 0.1) is 4.90 Å². The molecule has 0 amide bonds. The second kappa shape index (κ2) is 6.43. The van der Waals surface area contributed by atoms with Gasteiger partial charge in [-0.2, -0.15) is 9.30 Å². The first-order valence-electron chi connectivity index (χ1n) is 6.50. The van der Waals surface area contributed by atoms with Gasteiger partial charge >= 0.3 is 0 Å². The van der Waals surface area contributed by atoms with Crippen LogP contribution in [-0.2, 0) is 14.8 Å². The molecule has 2 rings (SSSR count). The number of rotatable bonds is 3. The van der Waals surface area contributed by atoms with Crippen LogP contribution in [0.4, 0.5) is 8.78 Å². The predicted molar refractivity (Wildman–Crippen MR) is 70.6 cm³/mol. The number of sulfonamides is 1. The first-order valence-corrected chi connectivity index (χ1v) is 7.94.